The van der Waals surface area contributed by atoms with Gasteiger partial charge in [0, 0.05) is 35.8 Å². The van der Waals surface area contributed by atoms with Gasteiger partial charge in [0.15, 0.2) is 0 Å². The number of hydrogen-bond donors (Lipinski definition) is 0. The van der Waals surface area contributed by atoms with Crippen molar-refractivity contribution in [2.45, 2.75) is 13.8 Å². The van der Waals surface area contributed by atoms with Crippen LogP contribution in [0.3, 0.4) is 0 Å². The Balaban J connectivity index is 1.54. The molecular formula is C30H30N2. The zero-order valence-electron chi connectivity index (χ0n) is 18.9. The van der Waals surface area contributed by atoms with E-state index in [0.717, 1.165) is 30.2 Å². The Hall–Kier alpha value is -3.78. The van der Waals surface area contributed by atoms with E-state index in [0.29, 0.717) is 0 Å². The van der Waals surface area contributed by atoms with Crippen LogP contribution in [0.1, 0.15) is 25.0 Å². The molecule has 2 nitrogen and oxygen atoms in total. The van der Waals surface area contributed by atoms with Crippen LogP contribution < -0.4 is 9.80 Å². The summed E-state index contributed by atoms with van der Waals surface area (Å²) in [5.41, 5.74) is 7.11. The molecule has 0 bridgehead atoms. The van der Waals surface area contributed by atoms with Crippen LogP contribution in [0.5, 0.6) is 0 Å². The fourth-order valence-corrected chi connectivity index (χ4v) is 3.91. The fraction of sp³-hybridized carbons (Fsp3) is 0.133. The number of benzene rings is 4. The monoisotopic (exact) mass is 418 g/mol. The molecule has 2 heteroatoms. The third-order valence-corrected chi connectivity index (χ3v) is 5.67. The standard InChI is InChI=1S/C30H30N2/c1-3-31(4-2)27-21-17-25(18-22-27)15-16-26-19-23-30(24-20-26)32(28-11-7-5-8-12-28)29-13-9-6-10-14-29/h5-24H,3-4H2,1-2H3/b16-15-. The lowest BCUT2D eigenvalue weighted by Gasteiger charge is -2.25. The minimum absolute atomic E-state index is 1.03. The molecule has 4 aromatic carbocycles. The van der Waals surface area contributed by atoms with E-state index in [-0.39, 0.29) is 0 Å². The normalized spacial score (nSPS) is 10.9. The zero-order valence-corrected chi connectivity index (χ0v) is 18.9. The third kappa shape index (κ3) is 5.09. The van der Waals surface area contributed by atoms with E-state index < -0.39 is 0 Å². The molecule has 32 heavy (non-hydrogen) atoms. The quantitative estimate of drug-likeness (QED) is 0.266. The maximum atomic E-state index is 2.36. The summed E-state index contributed by atoms with van der Waals surface area (Å²) in [5, 5.41) is 0. The predicted octanol–water partition coefficient (Wildman–Crippen LogP) is 8.17. The molecule has 160 valence electrons. The van der Waals surface area contributed by atoms with E-state index in [9.17, 15) is 0 Å². The summed E-state index contributed by atoms with van der Waals surface area (Å²) in [7, 11) is 0. The van der Waals surface area contributed by atoms with Crippen LogP contribution in [0.15, 0.2) is 109 Å². The molecule has 0 unspecified atom stereocenters. The Morgan fingerprint density at radius 1 is 0.469 bits per heavy atom. The summed E-state index contributed by atoms with van der Waals surface area (Å²) in [5.74, 6) is 0. The molecule has 0 aliphatic heterocycles. The molecule has 0 saturated heterocycles. The minimum atomic E-state index is 1.03. The van der Waals surface area contributed by atoms with Crippen LogP contribution in [0.2, 0.25) is 0 Å². The van der Waals surface area contributed by atoms with Crippen molar-refractivity contribution >= 4 is 34.9 Å². The van der Waals surface area contributed by atoms with E-state index >= 15 is 0 Å². The lowest BCUT2D eigenvalue weighted by atomic mass is 10.1. The van der Waals surface area contributed by atoms with Gasteiger partial charge in [-0.2, -0.15) is 0 Å². The molecule has 0 aromatic heterocycles. The molecule has 0 atom stereocenters. The molecule has 0 spiro atoms. The van der Waals surface area contributed by atoms with Gasteiger partial charge in [-0.15, -0.1) is 0 Å². The molecule has 4 aromatic rings. The van der Waals surface area contributed by atoms with Gasteiger partial charge in [0.2, 0.25) is 0 Å². The first-order chi connectivity index (χ1) is 15.8. The fourth-order valence-electron chi connectivity index (χ4n) is 3.91. The van der Waals surface area contributed by atoms with Crippen LogP contribution >= 0.6 is 0 Å². The van der Waals surface area contributed by atoms with Gasteiger partial charge >= 0.3 is 0 Å². The van der Waals surface area contributed by atoms with Gasteiger partial charge in [-0.05, 0) is 73.5 Å². The highest BCUT2D eigenvalue weighted by molar-refractivity contribution is 5.78. The number of nitrogens with zero attached hydrogens (tertiary/aromatic N) is 2. The maximum Gasteiger partial charge on any atom is 0.0462 e. The minimum Gasteiger partial charge on any atom is -0.372 e. The van der Waals surface area contributed by atoms with E-state index in [1.54, 1.807) is 0 Å². The Morgan fingerprint density at radius 3 is 1.25 bits per heavy atom. The van der Waals surface area contributed by atoms with Crippen LogP contribution in [0.4, 0.5) is 22.7 Å². The third-order valence-electron chi connectivity index (χ3n) is 5.67. The van der Waals surface area contributed by atoms with Gasteiger partial charge in [-0.3, -0.25) is 0 Å². The van der Waals surface area contributed by atoms with Crippen molar-refractivity contribution < 1.29 is 0 Å². The smallest absolute Gasteiger partial charge is 0.0462 e. The lowest BCUT2D eigenvalue weighted by Crippen LogP contribution is -2.21. The van der Waals surface area contributed by atoms with Gasteiger partial charge in [-0.25, -0.2) is 0 Å². The second-order valence-corrected chi connectivity index (χ2v) is 7.70. The van der Waals surface area contributed by atoms with Gasteiger partial charge < -0.3 is 9.80 Å². The molecule has 0 heterocycles. The summed E-state index contributed by atoms with van der Waals surface area (Å²) in [6.07, 6.45) is 4.35. The molecule has 0 aliphatic carbocycles. The molecule has 0 saturated carbocycles. The summed E-state index contributed by atoms with van der Waals surface area (Å²) in [4.78, 5) is 4.64. The van der Waals surface area contributed by atoms with Crippen LogP contribution in [0, 0.1) is 0 Å². The lowest BCUT2D eigenvalue weighted by molar-refractivity contribution is 0.866. The highest BCUT2D eigenvalue weighted by atomic mass is 15.1. The molecule has 0 radical (unpaired) electrons. The first-order valence-corrected chi connectivity index (χ1v) is 11.3. The Bertz CT molecular complexity index is 1070. The number of rotatable bonds is 8. The number of hydrogen-bond acceptors (Lipinski definition) is 2. The Labute approximate surface area is 192 Å². The van der Waals surface area contributed by atoms with Crippen molar-refractivity contribution in [1.82, 2.24) is 0 Å². The predicted molar refractivity (Wildman–Crippen MR) is 140 cm³/mol. The molecule has 0 fully saturated rings. The SMILES string of the molecule is CCN(CC)c1ccc(/C=C\c2ccc(N(c3ccccc3)c3ccccc3)cc2)cc1. The van der Waals surface area contributed by atoms with Crippen molar-refractivity contribution in [3.63, 3.8) is 0 Å². The largest absolute Gasteiger partial charge is 0.372 e. The van der Waals surface area contributed by atoms with Crippen LogP contribution in [-0.2, 0) is 0 Å². The molecular weight excluding hydrogens is 388 g/mol. The number of para-hydroxylation sites is 2. The molecule has 0 amide bonds. The second-order valence-electron chi connectivity index (χ2n) is 7.70. The van der Waals surface area contributed by atoms with Gasteiger partial charge in [0.1, 0.15) is 0 Å². The Kier molecular flexibility index (Phi) is 7.04. The van der Waals surface area contributed by atoms with Crippen molar-refractivity contribution in [3.8, 4) is 0 Å². The first-order valence-electron chi connectivity index (χ1n) is 11.3. The molecule has 0 aliphatic rings. The van der Waals surface area contributed by atoms with Gasteiger partial charge in [-0.1, -0.05) is 72.8 Å². The van der Waals surface area contributed by atoms with Crippen molar-refractivity contribution in [2.24, 2.45) is 0 Å². The van der Waals surface area contributed by atoms with Gasteiger partial charge in [0.05, 0.1) is 0 Å². The maximum absolute atomic E-state index is 2.36. The summed E-state index contributed by atoms with van der Waals surface area (Å²) >= 11 is 0. The van der Waals surface area contributed by atoms with Crippen molar-refractivity contribution in [1.29, 1.82) is 0 Å². The van der Waals surface area contributed by atoms with E-state index in [1.807, 2.05) is 0 Å². The first kappa shape index (κ1) is 21.5. The molecule has 0 N–H and O–H groups in total. The summed E-state index contributed by atoms with van der Waals surface area (Å²) in [6, 6.07) is 38.5. The molecule has 4 rings (SSSR count). The average molecular weight is 419 g/mol. The zero-order chi connectivity index (χ0) is 22.2. The topological polar surface area (TPSA) is 6.48 Å². The average Bonchev–Trinajstić information content (AvgIpc) is 2.87. The van der Waals surface area contributed by atoms with Gasteiger partial charge in [0.25, 0.3) is 0 Å². The van der Waals surface area contributed by atoms with E-state index in [1.165, 1.54) is 16.8 Å². The number of anilines is 4. The van der Waals surface area contributed by atoms with Crippen molar-refractivity contribution in [2.75, 3.05) is 22.9 Å². The highest BCUT2D eigenvalue weighted by Gasteiger charge is 2.11. The summed E-state index contributed by atoms with van der Waals surface area (Å²) < 4.78 is 0. The van der Waals surface area contributed by atoms with Crippen molar-refractivity contribution in [3.05, 3.63) is 120 Å². The Morgan fingerprint density at radius 2 is 0.844 bits per heavy atom. The van der Waals surface area contributed by atoms with Crippen LogP contribution in [0.25, 0.3) is 12.2 Å². The van der Waals surface area contributed by atoms with E-state index in [4.69, 9.17) is 0 Å². The second kappa shape index (κ2) is 10.5. The highest BCUT2D eigenvalue weighted by Crippen LogP contribution is 2.34. The van der Waals surface area contributed by atoms with Crippen LogP contribution in [-0.4, -0.2) is 13.1 Å². The van der Waals surface area contributed by atoms with E-state index in [2.05, 4.69) is 145 Å². The summed E-state index contributed by atoms with van der Waals surface area (Å²) in [6.45, 7) is 6.44.